The summed E-state index contributed by atoms with van der Waals surface area (Å²) in [5.74, 6) is -0.558. The third-order valence-corrected chi connectivity index (χ3v) is 4.67. The number of likely N-dealkylation sites (tertiary alicyclic amines) is 1. The van der Waals surface area contributed by atoms with Gasteiger partial charge in [-0.25, -0.2) is 4.79 Å². The first-order valence-electron chi connectivity index (χ1n) is 7.61. The smallest absolute Gasteiger partial charge is 0.326 e. The summed E-state index contributed by atoms with van der Waals surface area (Å²) >= 11 is 0. The molecule has 0 aromatic carbocycles. The predicted octanol–water partition coefficient (Wildman–Crippen LogP) is 1.68. The molecule has 1 N–H and O–H groups in total. The van der Waals surface area contributed by atoms with Gasteiger partial charge in [0.25, 0.3) is 5.91 Å². The quantitative estimate of drug-likeness (QED) is 0.909. The van der Waals surface area contributed by atoms with E-state index in [1.165, 1.54) is 18.1 Å². The van der Waals surface area contributed by atoms with Gasteiger partial charge < -0.3 is 19.3 Å². The molecule has 1 saturated carbocycles. The van der Waals surface area contributed by atoms with Gasteiger partial charge in [-0.05, 0) is 25.2 Å². The molecular formula is C15H20N2O5. The minimum atomic E-state index is -0.941. The Morgan fingerprint density at radius 1 is 1.45 bits per heavy atom. The number of nitrogens with zero attached hydrogens (tertiary/aromatic N) is 2. The van der Waals surface area contributed by atoms with Crippen LogP contribution in [0.25, 0.3) is 0 Å². The summed E-state index contributed by atoms with van der Waals surface area (Å²) in [4.78, 5) is 25.8. The highest BCUT2D eigenvalue weighted by atomic mass is 16.5. The van der Waals surface area contributed by atoms with Crippen LogP contribution in [0.4, 0.5) is 0 Å². The first-order chi connectivity index (χ1) is 10.6. The molecule has 1 saturated heterocycles. The second-order valence-electron chi connectivity index (χ2n) is 6.03. The lowest BCUT2D eigenvalue weighted by atomic mass is 9.84. The van der Waals surface area contributed by atoms with Crippen molar-refractivity contribution < 1.29 is 24.0 Å². The van der Waals surface area contributed by atoms with E-state index in [2.05, 4.69) is 5.16 Å². The summed E-state index contributed by atoms with van der Waals surface area (Å²) in [6.07, 6.45) is 4.53. The highest BCUT2D eigenvalue weighted by Gasteiger charge is 2.48. The number of amides is 1. The first kappa shape index (κ1) is 15.0. The summed E-state index contributed by atoms with van der Waals surface area (Å²) < 4.78 is 9.99. The normalized spacial score (nSPS) is 27.7. The van der Waals surface area contributed by atoms with Gasteiger partial charge in [0.15, 0.2) is 11.5 Å². The number of rotatable bonds is 4. The topological polar surface area (TPSA) is 92.9 Å². The molecule has 1 aromatic rings. The van der Waals surface area contributed by atoms with Crippen LogP contribution in [0.3, 0.4) is 0 Å². The van der Waals surface area contributed by atoms with Gasteiger partial charge in [0.2, 0.25) is 0 Å². The van der Waals surface area contributed by atoms with Crippen molar-refractivity contribution in [2.45, 2.75) is 50.8 Å². The molecule has 0 unspecified atom stereocenters. The van der Waals surface area contributed by atoms with Gasteiger partial charge in [0.05, 0.1) is 0 Å². The number of hydrogen-bond donors (Lipinski definition) is 1. The number of fused-ring (bicyclic) bond motifs is 1. The molecule has 0 radical (unpaired) electrons. The lowest BCUT2D eigenvalue weighted by Gasteiger charge is -2.32. The summed E-state index contributed by atoms with van der Waals surface area (Å²) in [7, 11) is 1.53. The molecule has 7 nitrogen and oxygen atoms in total. The van der Waals surface area contributed by atoms with Crippen molar-refractivity contribution in [1.29, 1.82) is 0 Å². The van der Waals surface area contributed by atoms with Crippen molar-refractivity contribution >= 4 is 11.9 Å². The van der Waals surface area contributed by atoms with Gasteiger partial charge >= 0.3 is 5.97 Å². The number of carboxylic acids is 1. The SMILES string of the molecule is COCc1cc(C(=O)N2[C@H](C(=O)O)C[C@@H]3CCCC[C@@H]32)no1. The molecule has 0 bridgehead atoms. The Morgan fingerprint density at radius 2 is 2.23 bits per heavy atom. The second-order valence-corrected chi connectivity index (χ2v) is 6.03. The van der Waals surface area contributed by atoms with Crippen LogP contribution in [0.2, 0.25) is 0 Å². The number of carboxylic acid groups (broad SMARTS) is 1. The molecule has 22 heavy (non-hydrogen) atoms. The van der Waals surface area contributed by atoms with Gasteiger partial charge in [-0.3, -0.25) is 4.79 Å². The van der Waals surface area contributed by atoms with Crippen LogP contribution >= 0.6 is 0 Å². The van der Waals surface area contributed by atoms with E-state index in [0.29, 0.717) is 12.2 Å². The summed E-state index contributed by atoms with van der Waals surface area (Å²) in [6.45, 7) is 0.231. The largest absolute Gasteiger partial charge is 0.480 e. The van der Waals surface area contributed by atoms with Crippen molar-refractivity contribution in [3.05, 3.63) is 17.5 Å². The second kappa shape index (κ2) is 6.08. The fourth-order valence-corrected chi connectivity index (χ4v) is 3.73. The zero-order valence-electron chi connectivity index (χ0n) is 12.5. The summed E-state index contributed by atoms with van der Waals surface area (Å²) in [5, 5.41) is 13.2. The molecule has 2 aliphatic rings. The Balaban J connectivity index is 1.85. The van der Waals surface area contributed by atoms with E-state index in [0.717, 1.165) is 25.7 Å². The maximum Gasteiger partial charge on any atom is 0.326 e. The average molecular weight is 308 g/mol. The lowest BCUT2D eigenvalue weighted by molar-refractivity contribution is -0.141. The molecule has 1 aliphatic carbocycles. The van der Waals surface area contributed by atoms with Crippen LogP contribution < -0.4 is 0 Å². The van der Waals surface area contributed by atoms with Crippen molar-refractivity contribution in [3.63, 3.8) is 0 Å². The van der Waals surface area contributed by atoms with Crippen LogP contribution in [0.5, 0.6) is 0 Å². The number of carbonyl (C=O) groups excluding carboxylic acids is 1. The lowest BCUT2D eigenvalue weighted by Crippen LogP contribution is -2.46. The minimum Gasteiger partial charge on any atom is -0.480 e. The Bertz CT molecular complexity index is 570. The molecule has 7 heteroatoms. The third-order valence-electron chi connectivity index (χ3n) is 4.67. The average Bonchev–Trinajstić information content (AvgIpc) is 3.11. The fraction of sp³-hybridized carbons (Fsp3) is 0.667. The monoisotopic (exact) mass is 308 g/mol. The Morgan fingerprint density at radius 3 is 2.95 bits per heavy atom. The van der Waals surface area contributed by atoms with Crippen molar-refractivity contribution in [1.82, 2.24) is 10.1 Å². The van der Waals surface area contributed by atoms with E-state index in [1.807, 2.05) is 0 Å². The number of aliphatic carboxylic acids is 1. The van der Waals surface area contributed by atoms with Crippen LogP contribution in [0.1, 0.15) is 48.4 Å². The van der Waals surface area contributed by atoms with Crippen LogP contribution in [-0.4, -0.2) is 46.2 Å². The zero-order chi connectivity index (χ0) is 15.7. The molecule has 0 spiro atoms. The van der Waals surface area contributed by atoms with Crippen LogP contribution in [-0.2, 0) is 16.1 Å². The van der Waals surface area contributed by atoms with Crippen molar-refractivity contribution in [3.8, 4) is 0 Å². The highest BCUT2D eigenvalue weighted by molar-refractivity contribution is 5.95. The molecule has 3 atom stereocenters. The fourth-order valence-electron chi connectivity index (χ4n) is 3.73. The molecule has 120 valence electrons. The van der Waals surface area contributed by atoms with Crippen molar-refractivity contribution in [2.75, 3.05) is 7.11 Å². The minimum absolute atomic E-state index is 0.00456. The Hall–Kier alpha value is -1.89. The number of ether oxygens (including phenoxy) is 1. The van der Waals surface area contributed by atoms with E-state index >= 15 is 0 Å². The van der Waals surface area contributed by atoms with E-state index in [9.17, 15) is 14.7 Å². The summed E-state index contributed by atoms with van der Waals surface area (Å²) in [6, 6.07) is 0.772. The van der Waals surface area contributed by atoms with E-state index in [1.54, 1.807) is 0 Å². The van der Waals surface area contributed by atoms with E-state index in [4.69, 9.17) is 9.26 Å². The van der Waals surface area contributed by atoms with Gasteiger partial charge in [0.1, 0.15) is 12.6 Å². The number of methoxy groups -OCH3 is 1. The van der Waals surface area contributed by atoms with Crippen LogP contribution in [0, 0.1) is 5.92 Å². The molecule has 3 rings (SSSR count). The Labute approximate surface area is 128 Å². The highest BCUT2D eigenvalue weighted by Crippen LogP contribution is 2.40. The molecule has 1 aliphatic heterocycles. The zero-order valence-corrected chi connectivity index (χ0v) is 12.5. The van der Waals surface area contributed by atoms with Gasteiger partial charge in [-0.15, -0.1) is 0 Å². The predicted molar refractivity (Wildman–Crippen MR) is 75.2 cm³/mol. The maximum atomic E-state index is 12.7. The molecule has 1 amide bonds. The molecule has 2 heterocycles. The number of hydrogen-bond acceptors (Lipinski definition) is 5. The van der Waals surface area contributed by atoms with Crippen molar-refractivity contribution in [2.24, 2.45) is 5.92 Å². The van der Waals surface area contributed by atoms with Gasteiger partial charge in [-0.2, -0.15) is 0 Å². The van der Waals surface area contributed by atoms with Gasteiger partial charge in [-0.1, -0.05) is 18.0 Å². The number of carbonyl (C=O) groups is 2. The molecular weight excluding hydrogens is 288 g/mol. The first-order valence-corrected chi connectivity index (χ1v) is 7.61. The summed E-state index contributed by atoms with van der Waals surface area (Å²) in [5.41, 5.74) is 0.157. The van der Waals surface area contributed by atoms with Crippen LogP contribution in [0.15, 0.2) is 10.6 Å². The Kier molecular flexibility index (Phi) is 4.15. The maximum absolute atomic E-state index is 12.7. The standard InChI is InChI=1S/C15H20N2O5/c1-21-8-10-7-11(16-22-10)14(18)17-12-5-3-2-4-9(12)6-13(17)15(19)20/h7,9,12-13H,2-6,8H2,1H3,(H,19,20)/t9-,12-,13-/m0/s1. The molecule has 1 aromatic heterocycles. The van der Waals surface area contributed by atoms with Gasteiger partial charge in [0, 0.05) is 19.2 Å². The van der Waals surface area contributed by atoms with E-state index < -0.39 is 12.0 Å². The van der Waals surface area contributed by atoms with E-state index in [-0.39, 0.29) is 30.2 Å². The number of aromatic nitrogens is 1. The molecule has 2 fully saturated rings. The third kappa shape index (κ3) is 2.61.